The number of hydrogen-bond acceptors (Lipinski definition) is 3. The summed E-state index contributed by atoms with van der Waals surface area (Å²) in [6.45, 7) is 4.06. The molecule has 2 heterocycles. The molecule has 0 bridgehead atoms. The van der Waals surface area contributed by atoms with Crippen LogP contribution in [0.4, 0.5) is 0 Å². The van der Waals surface area contributed by atoms with Crippen LogP contribution in [0.15, 0.2) is 28.9 Å². The van der Waals surface area contributed by atoms with Crippen LogP contribution in [0.5, 0.6) is 0 Å². The quantitative estimate of drug-likeness (QED) is 0.864. The van der Waals surface area contributed by atoms with E-state index in [2.05, 4.69) is 0 Å². The Hall–Kier alpha value is -1.06. The van der Waals surface area contributed by atoms with Crippen molar-refractivity contribution < 1.29 is 9.52 Å². The van der Waals surface area contributed by atoms with Gasteiger partial charge in [-0.2, -0.15) is 0 Å². The third-order valence-electron chi connectivity index (χ3n) is 2.43. The predicted molar refractivity (Wildman–Crippen MR) is 61.2 cm³/mol. The van der Waals surface area contributed by atoms with E-state index >= 15 is 0 Å². The van der Waals surface area contributed by atoms with E-state index in [1.807, 2.05) is 32.0 Å². The van der Waals surface area contributed by atoms with Crippen molar-refractivity contribution in [1.82, 2.24) is 0 Å². The lowest BCUT2D eigenvalue weighted by atomic mass is 10.1. The Morgan fingerprint density at radius 3 is 2.80 bits per heavy atom. The summed E-state index contributed by atoms with van der Waals surface area (Å²) >= 11 is 1.62. The van der Waals surface area contributed by atoms with Crippen LogP contribution in [-0.4, -0.2) is 5.11 Å². The number of hydrogen-bond donors (Lipinski definition) is 1. The first-order chi connectivity index (χ1) is 7.22. The van der Waals surface area contributed by atoms with Crippen molar-refractivity contribution >= 4 is 11.3 Å². The molecule has 2 nitrogen and oxygen atoms in total. The van der Waals surface area contributed by atoms with Crippen molar-refractivity contribution in [3.63, 3.8) is 0 Å². The summed E-state index contributed by atoms with van der Waals surface area (Å²) in [7, 11) is 0. The van der Waals surface area contributed by atoms with Gasteiger partial charge < -0.3 is 9.52 Å². The number of aryl methyl sites for hydroxylation is 2. The molecule has 0 amide bonds. The van der Waals surface area contributed by atoms with E-state index in [0.29, 0.717) is 0 Å². The molecule has 0 aliphatic heterocycles. The second kappa shape index (κ2) is 4.21. The average Bonchev–Trinajstić information content (AvgIpc) is 2.84. The largest absolute Gasteiger partial charge is 0.469 e. The lowest BCUT2D eigenvalue weighted by Crippen LogP contribution is -1.98. The molecule has 80 valence electrons. The molecular formula is C12H14O2S. The fourth-order valence-corrected chi connectivity index (χ4v) is 2.52. The maximum atomic E-state index is 10.2. The highest BCUT2D eigenvalue weighted by Crippen LogP contribution is 2.30. The summed E-state index contributed by atoms with van der Waals surface area (Å²) in [5.74, 6) is 0.869. The van der Waals surface area contributed by atoms with Crippen LogP contribution >= 0.6 is 11.3 Å². The van der Waals surface area contributed by atoms with Gasteiger partial charge in [-0.3, -0.25) is 0 Å². The number of thiophene rings is 1. The second-order valence-electron chi connectivity index (χ2n) is 3.50. The molecule has 15 heavy (non-hydrogen) atoms. The van der Waals surface area contributed by atoms with Crippen molar-refractivity contribution in [3.8, 4) is 0 Å². The first-order valence-electron chi connectivity index (χ1n) is 5.03. The lowest BCUT2D eigenvalue weighted by Gasteiger charge is -2.07. The molecule has 0 fully saturated rings. The first-order valence-corrected chi connectivity index (χ1v) is 5.84. The third kappa shape index (κ3) is 1.98. The van der Waals surface area contributed by atoms with E-state index in [-0.39, 0.29) is 0 Å². The SMILES string of the molecule is CCc1occc1C(O)c1ccc(C)s1. The Balaban J connectivity index is 2.31. The van der Waals surface area contributed by atoms with E-state index in [0.717, 1.165) is 22.6 Å². The molecule has 2 aromatic rings. The molecule has 1 N–H and O–H groups in total. The maximum Gasteiger partial charge on any atom is 0.117 e. The summed E-state index contributed by atoms with van der Waals surface area (Å²) < 4.78 is 5.31. The Kier molecular flexibility index (Phi) is 2.93. The maximum absolute atomic E-state index is 10.2. The van der Waals surface area contributed by atoms with Gasteiger partial charge in [-0.1, -0.05) is 6.92 Å². The van der Waals surface area contributed by atoms with Gasteiger partial charge in [0.2, 0.25) is 0 Å². The zero-order valence-electron chi connectivity index (χ0n) is 8.86. The van der Waals surface area contributed by atoms with Gasteiger partial charge in [-0.25, -0.2) is 0 Å². The van der Waals surface area contributed by atoms with Crippen LogP contribution in [0.1, 0.15) is 34.1 Å². The lowest BCUT2D eigenvalue weighted by molar-refractivity contribution is 0.221. The van der Waals surface area contributed by atoms with Crippen molar-refractivity contribution in [2.75, 3.05) is 0 Å². The van der Waals surface area contributed by atoms with Gasteiger partial charge in [0.05, 0.1) is 6.26 Å². The standard InChI is InChI=1S/C12H14O2S/c1-3-10-9(6-7-14-10)12(13)11-5-4-8(2)15-11/h4-7,12-13H,3H2,1-2H3. The summed E-state index contributed by atoms with van der Waals surface area (Å²) in [6, 6.07) is 5.84. The van der Waals surface area contributed by atoms with Crippen LogP contribution < -0.4 is 0 Å². The van der Waals surface area contributed by atoms with Crippen LogP contribution in [-0.2, 0) is 6.42 Å². The number of aliphatic hydroxyl groups excluding tert-OH is 1. The fourth-order valence-electron chi connectivity index (χ4n) is 1.64. The molecular weight excluding hydrogens is 208 g/mol. The summed E-state index contributed by atoms with van der Waals surface area (Å²) in [6.07, 6.45) is 1.90. The van der Waals surface area contributed by atoms with Gasteiger partial charge in [0, 0.05) is 21.7 Å². The number of rotatable bonds is 3. The minimum Gasteiger partial charge on any atom is -0.469 e. The van der Waals surface area contributed by atoms with E-state index in [4.69, 9.17) is 4.42 Å². The fraction of sp³-hybridized carbons (Fsp3) is 0.333. The van der Waals surface area contributed by atoms with Crippen LogP contribution in [0.2, 0.25) is 0 Å². The normalized spacial score (nSPS) is 13.0. The van der Waals surface area contributed by atoms with Gasteiger partial charge in [0.15, 0.2) is 0 Å². The minimum absolute atomic E-state index is 0.544. The molecule has 1 atom stereocenters. The van der Waals surface area contributed by atoms with E-state index in [1.54, 1.807) is 17.6 Å². The minimum atomic E-state index is -0.544. The molecule has 0 aliphatic rings. The molecule has 2 aromatic heterocycles. The zero-order valence-corrected chi connectivity index (χ0v) is 9.67. The molecule has 0 radical (unpaired) electrons. The van der Waals surface area contributed by atoms with Gasteiger partial charge in [0.1, 0.15) is 11.9 Å². The molecule has 0 aromatic carbocycles. The van der Waals surface area contributed by atoms with Gasteiger partial charge in [0.25, 0.3) is 0 Å². The molecule has 0 saturated heterocycles. The van der Waals surface area contributed by atoms with Crippen LogP contribution in [0.3, 0.4) is 0 Å². The van der Waals surface area contributed by atoms with Gasteiger partial charge >= 0.3 is 0 Å². The Bertz CT molecular complexity index is 442. The summed E-state index contributed by atoms with van der Waals surface area (Å²) in [4.78, 5) is 2.19. The van der Waals surface area contributed by atoms with E-state index in [1.165, 1.54) is 4.88 Å². The average molecular weight is 222 g/mol. The van der Waals surface area contributed by atoms with Gasteiger partial charge in [-0.05, 0) is 25.1 Å². The smallest absolute Gasteiger partial charge is 0.117 e. The summed E-state index contributed by atoms with van der Waals surface area (Å²) in [5.41, 5.74) is 0.888. The third-order valence-corrected chi connectivity index (χ3v) is 3.48. The molecule has 0 spiro atoms. The van der Waals surface area contributed by atoms with Crippen molar-refractivity contribution in [2.45, 2.75) is 26.4 Å². The van der Waals surface area contributed by atoms with Gasteiger partial charge in [-0.15, -0.1) is 11.3 Å². The number of furan rings is 1. The molecule has 0 saturated carbocycles. The Labute approximate surface area is 93.2 Å². The van der Waals surface area contributed by atoms with Crippen LogP contribution in [0, 0.1) is 6.92 Å². The molecule has 3 heteroatoms. The van der Waals surface area contributed by atoms with Crippen molar-refractivity contribution in [1.29, 1.82) is 0 Å². The van der Waals surface area contributed by atoms with Crippen molar-refractivity contribution in [3.05, 3.63) is 45.5 Å². The first kappa shape index (κ1) is 10.5. The second-order valence-corrected chi connectivity index (χ2v) is 4.82. The highest BCUT2D eigenvalue weighted by molar-refractivity contribution is 7.12. The topological polar surface area (TPSA) is 33.4 Å². The Morgan fingerprint density at radius 2 is 2.20 bits per heavy atom. The van der Waals surface area contributed by atoms with Crippen LogP contribution in [0.25, 0.3) is 0 Å². The highest BCUT2D eigenvalue weighted by Gasteiger charge is 2.17. The number of aliphatic hydroxyl groups is 1. The highest BCUT2D eigenvalue weighted by atomic mass is 32.1. The molecule has 1 unspecified atom stereocenters. The predicted octanol–water partition coefficient (Wildman–Crippen LogP) is 3.29. The monoisotopic (exact) mass is 222 g/mol. The molecule has 2 rings (SSSR count). The van der Waals surface area contributed by atoms with E-state index in [9.17, 15) is 5.11 Å². The zero-order chi connectivity index (χ0) is 10.8. The summed E-state index contributed by atoms with van der Waals surface area (Å²) in [5, 5.41) is 10.2. The van der Waals surface area contributed by atoms with E-state index < -0.39 is 6.10 Å². The Morgan fingerprint density at radius 1 is 1.40 bits per heavy atom. The van der Waals surface area contributed by atoms with Crippen molar-refractivity contribution in [2.24, 2.45) is 0 Å². The molecule has 0 aliphatic carbocycles.